The molecule has 166 valence electrons. The van der Waals surface area contributed by atoms with Gasteiger partial charge in [-0.1, -0.05) is 83.3 Å². The molecule has 3 aromatic rings. The molecule has 0 unspecified atom stereocenters. The summed E-state index contributed by atoms with van der Waals surface area (Å²) in [6, 6.07) is 21.1. The van der Waals surface area contributed by atoms with Crippen LogP contribution in [0.5, 0.6) is 0 Å². The molecular weight excluding hydrogens is 467 g/mol. The van der Waals surface area contributed by atoms with Gasteiger partial charge < -0.3 is 10.2 Å². The number of rotatable bonds is 8. The van der Waals surface area contributed by atoms with Crippen LogP contribution in [0, 0.1) is 0 Å². The first kappa shape index (κ1) is 24.1. The molecule has 0 heterocycles. The normalized spacial score (nSPS) is 11.6. The second kappa shape index (κ2) is 11.4. The number of nitrogens with zero attached hydrogens (tertiary/aromatic N) is 1. The number of nitrogens with one attached hydrogen (secondary N) is 1. The maximum Gasteiger partial charge on any atom is 0.242 e. The molecule has 0 saturated heterocycles. The molecule has 0 aliphatic heterocycles. The van der Waals surface area contributed by atoms with Gasteiger partial charge in [-0.15, -0.1) is 0 Å². The average Bonchev–Trinajstić information content (AvgIpc) is 2.79. The third-order valence-corrected chi connectivity index (χ3v) is 6.14. The summed E-state index contributed by atoms with van der Waals surface area (Å²) in [5, 5.41) is 4.17. The van der Waals surface area contributed by atoms with Crippen molar-refractivity contribution < 1.29 is 9.59 Å². The molecule has 4 nitrogen and oxygen atoms in total. The van der Waals surface area contributed by atoms with E-state index in [-0.39, 0.29) is 24.8 Å². The molecule has 2 amide bonds. The van der Waals surface area contributed by atoms with E-state index in [1.54, 1.807) is 54.4 Å². The monoisotopic (exact) mass is 488 g/mol. The highest BCUT2D eigenvalue weighted by molar-refractivity contribution is 6.36. The van der Waals surface area contributed by atoms with Gasteiger partial charge in [-0.25, -0.2) is 0 Å². The Morgan fingerprint density at radius 2 is 1.47 bits per heavy atom. The van der Waals surface area contributed by atoms with Gasteiger partial charge in [0.05, 0.1) is 6.42 Å². The van der Waals surface area contributed by atoms with Crippen LogP contribution in [0.3, 0.4) is 0 Å². The molecule has 0 saturated carbocycles. The minimum absolute atomic E-state index is 0.107. The molecule has 0 fully saturated rings. The van der Waals surface area contributed by atoms with Gasteiger partial charge in [-0.05, 0) is 35.4 Å². The molecule has 1 atom stereocenters. The van der Waals surface area contributed by atoms with Gasteiger partial charge >= 0.3 is 0 Å². The Hall–Kier alpha value is -2.53. The summed E-state index contributed by atoms with van der Waals surface area (Å²) in [5.74, 6) is -0.477. The van der Waals surface area contributed by atoms with Gasteiger partial charge in [-0.2, -0.15) is 0 Å². The van der Waals surface area contributed by atoms with Crippen molar-refractivity contribution in [3.05, 3.63) is 105 Å². The van der Waals surface area contributed by atoms with Crippen molar-refractivity contribution in [2.75, 3.05) is 7.05 Å². The lowest BCUT2D eigenvalue weighted by molar-refractivity contribution is -0.140. The van der Waals surface area contributed by atoms with Crippen molar-refractivity contribution in [3.8, 4) is 0 Å². The van der Waals surface area contributed by atoms with Crippen molar-refractivity contribution >= 4 is 46.6 Å². The zero-order valence-electron chi connectivity index (χ0n) is 17.5. The SMILES string of the molecule is CNC(=O)[C@@H](Cc1ccccc1)N(Cc1c(Cl)cccc1Cl)C(=O)Cc1ccc(Cl)cc1. The topological polar surface area (TPSA) is 49.4 Å². The van der Waals surface area contributed by atoms with Gasteiger partial charge in [0.2, 0.25) is 11.8 Å². The number of amides is 2. The van der Waals surface area contributed by atoms with Crippen LogP contribution in [0.2, 0.25) is 15.1 Å². The number of benzene rings is 3. The van der Waals surface area contributed by atoms with Crippen LogP contribution in [-0.2, 0) is 29.0 Å². The van der Waals surface area contributed by atoms with Crippen LogP contribution in [0.15, 0.2) is 72.8 Å². The zero-order chi connectivity index (χ0) is 23.1. The summed E-state index contributed by atoms with van der Waals surface area (Å²) in [6.45, 7) is 0.107. The lowest BCUT2D eigenvalue weighted by Gasteiger charge is -2.32. The number of hydrogen-bond acceptors (Lipinski definition) is 2. The van der Waals surface area contributed by atoms with Crippen molar-refractivity contribution in [3.63, 3.8) is 0 Å². The molecule has 0 aliphatic rings. The first-order valence-corrected chi connectivity index (χ1v) is 11.2. The van der Waals surface area contributed by atoms with E-state index in [0.717, 1.165) is 11.1 Å². The summed E-state index contributed by atoms with van der Waals surface area (Å²) in [5.41, 5.74) is 2.34. The number of carbonyl (C=O) groups is 2. The summed E-state index contributed by atoms with van der Waals surface area (Å²) < 4.78 is 0. The highest BCUT2D eigenvalue weighted by Gasteiger charge is 2.30. The smallest absolute Gasteiger partial charge is 0.242 e. The molecular formula is C25H23Cl3N2O2. The van der Waals surface area contributed by atoms with Crippen LogP contribution in [0.4, 0.5) is 0 Å². The predicted molar refractivity (Wildman–Crippen MR) is 130 cm³/mol. The van der Waals surface area contributed by atoms with E-state index in [1.807, 2.05) is 30.3 Å². The third-order valence-electron chi connectivity index (χ3n) is 5.18. The standard InChI is InChI=1S/C25H23Cl3N2O2/c1-29-25(32)23(14-17-6-3-2-4-7-17)30(16-20-21(27)8-5-9-22(20)28)24(31)15-18-10-12-19(26)13-11-18/h2-13,23H,14-16H2,1H3,(H,29,32)/t23-/m1/s1. The fourth-order valence-corrected chi connectivity index (χ4v) is 4.10. The molecule has 3 aromatic carbocycles. The first-order chi connectivity index (χ1) is 15.4. The van der Waals surface area contributed by atoms with Crippen LogP contribution >= 0.6 is 34.8 Å². The van der Waals surface area contributed by atoms with E-state index in [9.17, 15) is 9.59 Å². The summed E-state index contributed by atoms with van der Waals surface area (Å²) in [7, 11) is 1.56. The van der Waals surface area contributed by atoms with E-state index >= 15 is 0 Å². The Morgan fingerprint density at radius 3 is 2.06 bits per heavy atom. The predicted octanol–water partition coefficient (Wildman–Crippen LogP) is 5.58. The second-order valence-corrected chi connectivity index (χ2v) is 8.60. The van der Waals surface area contributed by atoms with Gasteiger partial charge in [0.25, 0.3) is 0 Å². The van der Waals surface area contributed by atoms with Crippen molar-refractivity contribution in [2.45, 2.75) is 25.4 Å². The Balaban J connectivity index is 1.98. The molecule has 7 heteroatoms. The van der Waals surface area contributed by atoms with E-state index in [0.29, 0.717) is 27.1 Å². The van der Waals surface area contributed by atoms with Crippen molar-refractivity contribution in [1.29, 1.82) is 0 Å². The Kier molecular flexibility index (Phi) is 8.57. The van der Waals surface area contributed by atoms with Crippen LogP contribution in [0.25, 0.3) is 0 Å². The lowest BCUT2D eigenvalue weighted by atomic mass is 10.0. The molecule has 0 aliphatic carbocycles. The molecule has 1 N–H and O–H groups in total. The van der Waals surface area contributed by atoms with Crippen molar-refractivity contribution in [1.82, 2.24) is 10.2 Å². The maximum atomic E-state index is 13.5. The Morgan fingerprint density at radius 1 is 0.844 bits per heavy atom. The minimum Gasteiger partial charge on any atom is -0.357 e. The van der Waals surface area contributed by atoms with E-state index < -0.39 is 6.04 Å². The molecule has 0 bridgehead atoms. The summed E-state index contributed by atoms with van der Waals surface area (Å²) in [6.07, 6.45) is 0.469. The lowest BCUT2D eigenvalue weighted by Crippen LogP contribution is -2.50. The van der Waals surface area contributed by atoms with Gasteiger partial charge in [0.1, 0.15) is 6.04 Å². The van der Waals surface area contributed by atoms with Crippen LogP contribution in [0.1, 0.15) is 16.7 Å². The molecule has 0 spiro atoms. The van der Waals surface area contributed by atoms with Crippen molar-refractivity contribution in [2.24, 2.45) is 0 Å². The quantitative estimate of drug-likeness (QED) is 0.449. The largest absolute Gasteiger partial charge is 0.357 e. The average molecular weight is 490 g/mol. The van der Waals surface area contributed by atoms with Gasteiger partial charge in [0.15, 0.2) is 0 Å². The van der Waals surface area contributed by atoms with Gasteiger partial charge in [0, 0.05) is 40.6 Å². The number of carbonyl (C=O) groups excluding carboxylic acids is 2. The van der Waals surface area contributed by atoms with Gasteiger partial charge in [-0.3, -0.25) is 9.59 Å². The molecule has 3 rings (SSSR count). The summed E-state index contributed by atoms with van der Waals surface area (Å²) in [4.78, 5) is 28.0. The van der Waals surface area contributed by atoms with E-state index in [4.69, 9.17) is 34.8 Å². The fraction of sp³-hybridized carbons (Fsp3) is 0.200. The minimum atomic E-state index is -0.741. The van der Waals surface area contributed by atoms with E-state index in [1.165, 1.54) is 0 Å². The first-order valence-electron chi connectivity index (χ1n) is 10.1. The Bertz CT molecular complexity index is 1050. The van der Waals surface area contributed by atoms with E-state index in [2.05, 4.69) is 5.32 Å². The third kappa shape index (κ3) is 6.26. The molecule has 32 heavy (non-hydrogen) atoms. The number of hydrogen-bond donors (Lipinski definition) is 1. The fourth-order valence-electron chi connectivity index (χ4n) is 3.45. The highest BCUT2D eigenvalue weighted by atomic mass is 35.5. The molecule has 0 radical (unpaired) electrons. The Labute approximate surface area is 203 Å². The number of likely N-dealkylation sites (N-methyl/N-ethyl adjacent to an activating group) is 1. The second-order valence-electron chi connectivity index (χ2n) is 7.34. The number of halogens is 3. The highest BCUT2D eigenvalue weighted by Crippen LogP contribution is 2.27. The maximum absolute atomic E-state index is 13.5. The van der Waals surface area contributed by atoms with Crippen LogP contribution in [-0.4, -0.2) is 29.8 Å². The van der Waals surface area contributed by atoms with Crippen LogP contribution < -0.4 is 5.32 Å². The summed E-state index contributed by atoms with van der Waals surface area (Å²) >= 11 is 18.8. The zero-order valence-corrected chi connectivity index (χ0v) is 19.8. The molecule has 0 aromatic heterocycles.